The number of piperazine rings is 1. The Kier molecular flexibility index (Phi) is 6.92. The minimum Gasteiger partial charge on any atom is -0.374 e. The number of hydrogen-bond donors (Lipinski definition) is 1. The topological polar surface area (TPSA) is 24.5 Å². The maximum Gasteiger partial charge on any atom is 0.261 e. The van der Waals surface area contributed by atoms with E-state index in [-0.39, 0.29) is 0 Å². The van der Waals surface area contributed by atoms with Gasteiger partial charge >= 0.3 is 0 Å². The lowest BCUT2D eigenvalue weighted by molar-refractivity contribution is 0.00237. The molecule has 0 radical (unpaired) electrons. The third-order valence-corrected chi connectivity index (χ3v) is 3.18. The molecule has 1 saturated heterocycles. The van der Waals surface area contributed by atoms with Crippen molar-refractivity contribution >= 4 is 0 Å². The van der Waals surface area contributed by atoms with Crippen LogP contribution in [-0.2, 0) is 4.74 Å². The normalized spacial score (nSPS) is 26.6. The Morgan fingerprint density at radius 3 is 2.88 bits per heavy atom. The summed E-state index contributed by atoms with van der Waals surface area (Å²) in [5, 5.41) is 3.51. The molecule has 0 aromatic heterocycles. The van der Waals surface area contributed by atoms with Crippen LogP contribution in [-0.4, -0.2) is 56.3 Å². The van der Waals surface area contributed by atoms with Gasteiger partial charge in [0, 0.05) is 31.7 Å². The molecule has 0 amide bonds. The van der Waals surface area contributed by atoms with Gasteiger partial charge in [-0.2, -0.15) is 0 Å². The molecule has 17 heavy (non-hydrogen) atoms. The third-order valence-electron chi connectivity index (χ3n) is 3.18. The molecule has 0 bridgehead atoms. The summed E-state index contributed by atoms with van der Waals surface area (Å²) in [6, 6.07) is 0.990. The van der Waals surface area contributed by atoms with Crippen LogP contribution in [0.4, 0.5) is 8.78 Å². The van der Waals surface area contributed by atoms with Crippen molar-refractivity contribution in [2.24, 2.45) is 0 Å². The number of ether oxygens (including phenoxy) is 1. The van der Waals surface area contributed by atoms with Gasteiger partial charge in [0.15, 0.2) is 0 Å². The van der Waals surface area contributed by atoms with Crippen molar-refractivity contribution in [1.29, 1.82) is 0 Å². The summed E-state index contributed by atoms with van der Waals surface area (Å²) in [5.74, 6) is 0. The highest BCUT2D eigenvalue weighted by atomic mass is 19.3. The van der Waals surface area contributed by atoms with Gasteiger partial charge in [-0.25, -0.2) is 8.78 Å². The van der Waals surface area contributed by atoms with E-state index in [1.165, 1.54) is 12.8 Å². The van der Waals surface area contributed by atoms with Crippen molar-refractivity contribution in [1.82, 2.24) is 10.2 Å². The minimum absolute atomic E-state index is 0.396. The van der Waals surface area contributed by atoms with E-state index in [2.05, 4.69) is 24.1 Å². The summed E-state index contributed by atoms with van der Waals surface area (Å²) in [4.78, 5) is 2.32. The molecule has 2 unspecified atom stereocenters. The molecule has 102 valence electrons. The lowest BCUT2D eigenvalue weighted by atomic mass is 10.1. The van der Waals surface area contributed by atoms with Crippen LogP contribution in [0.2, 0.25) is 0 Å². The summed E-state index contributed by atoms with van der Waals surface area (Å²) < 4.78 is 28.7. The van der Waals surface area contributed by atoms with Crippen LogP contribution in [0.5, 0.6) is 0 Å². The second-order valence-corrected chi connectivity index (χ2v) is 4.70. The van der Waals surface area contributed by atoms with Crippen LogP contribution in [0.3, 0.4) is 0 Å². The predicted molar refractivity (Wildman–Crippen MR) is 64.6 cm³/mol. The molecular weight excluding hydrogens is 226 g/mol. The van der Waals surface area contributed by atoms with E-state index >= 15 is 0 Å². The Morgan fingerprint density at radius 1 is 1.47 bits per heavy atom. The molecule has 1 rings (SSSR count). The zero-order valence-corrected chi connectivity index (χ0v) is 10.8. The fourth-order valence-corrected chi connectivity index (χ4v) is 2.20. The molecule has 1 N–H and O–H groups in total. The van der Waals surface area contributed by atoms with Gasteiger partial charge in [-0.15, -0.1) is 0 Å². The molecule has 1 aliphatic heterocycles. The summed E-state index contributed by atoms with van der Waals surface area (Å²) in [7, 11) is 0. The van der Waals surface area contributed by atoms with E-state index in [1.807, 2.05) is 0 Å². The number of rotatable bonds is 7. The molecule has 0 aliphatic carbocycles. The molecule has 1 fully saturated rings. The van der Waals surface area contributed by atoms with Gasteiger partial charge in [-0.05, 0) is 13.3 Å². The first-order valence-electron chi connectivity index (χ1n) is 6.46. The van der Waals surface area contributed by atoms with E-state index in [9.17, 15) is 8.78 Å². The minimum atomic E-state index is -2.36. The van der Waals surface area contributed by atoms with Crippen molar-refractivity contribution in [3.05, 3.63) is 0 Å². The average molecular weight is 250 g/mol. The van der Waals surface area contributed by atoms with Crippen LogP contribution in [0, 0.1) is 0 Å². The van der Waals surface area contributed by atoms with Crippen molar-refractivity contribution in [3.8, 4) is 0 Å². The summed E-state index contributed by atoms with van der Waals surface area (Å²) in [6.45, 7) is 6.99. The first-order chi connectivity index (χ1) is 8.13. The van der Waals surface area contributed by atoms with Gasteiger partial charge in [0.1, 0.15) is 6.61 Å². The fraction of sp³-hybridized carbons (Fsp3) is 1.00. The van der Waals surface area contributed by atoms with Crippen LogP contribution in [0.1, 0.15) is 26.7 Å². The maximum absolute atomic E-state index is 11.9. The Labute approximate surface area is 103 Å². The largest absolute Gasteiger partial charge is 0.374 e. The highest BCUT2D eigenvalue weighted by Crippen LogP contribution is 2.10. The molecule has 3 nitrogen and oxygen atoms in total. The lowest BCUT2D eigenvalue weighted by Crippen LogP contribution is -2.55. The van der Waals surface area contributed by atoms with Crippen molar-refractivity contribution in [2.45, 2.75) is 45.2 Å². The van der Waals surface area contributed by atoms with Gasteiger partial charge in [-0.1, -0.05) is 13.3 Å². The molecule has 1 heterocycles. The standard InChI is InChI=1S/C12H24F2N2O/c1-3-4-11-8-16(10(2)7-15-11)5-6-17-9-12(13)14/h10-12,15H,3-9H2,1-2H3. The quantitative estimate of drug-likeness (QED) is 0.696. The highest BCUT2D eigenvalue weighted by Gasteiger charge is 2.23. The van der Waals surface area contributed by atoms with Crippen LogP contribution < -0.4 is 5.32 Å². The van der Waals surface area contributed by atoms with Gasteiger partial charge in [0.05, 0.1) is 6.61 Å². The molecule has 0 saturated carbocycles. The zero-order chi connectivity index (χ0) is 12.7. The SMILES string of the molecule is CCCC1CN(CCOCC(F)F)C(C)CN1. The van der Waals surface area contributed by atoms with E-state index in [1.54, 1.807) is 0 Å². The van der Waals surface area contributed by atoms with Crippen molar-refractivity contribution in [3.63, 3.8) is 0 Å². The van der Waals surface area contributed by atoms with E-state index in [0.717, 1.165) is 19.6 Å². The Balaban J connectivity index is 2.20. The first-order valence-corrected chi connectivity index (χ1v) is 6.46. The number of nitrogens with zero attached hydrogens (tertiary/aromatic N) is 1. The third kappa shape index (κ3) is 5.75. The Bertz CT molecular complexity index is 205. The monoisotopic (exact) mass is 250 g/mol. The molecule has 2 atom stereocenters. The molecule has 0 spiro atoms. The fourth-order valence-electron chi connectivity index (χ4n) is 2.20. The van der Waals surface area contributed by atoms with E-state index < -0.39 is 13.0 Å². The molecular formula is C12H24F2N2O. The Hall–Kier alpha value is -0.260. The zero-order valence-electron chi connectivity index (χ0n) is 10.8. The summed E-state index contributed by atoms with van der Waals surface area (Å²) >= 11 is 0. The van der Waals surface area contributed by atoms with Crippen molar-refractivity contribution in [2.75, 3.05) is 32.8 Å². The van der Waals surface area contributed by atoms with Gasteiger partial charge in [0.2, 0.25) is 0 Å². The van der Waals surface area contributed by atoms with Gasteiger partial charge in [0.25, 0.3) is 6.43 Å². The first kappa shape index (κ1) is 14.8. The van der Waals surface area contributed by atoms with Gasteiger partial charge < -0.3 is 10.1 Å². The lowest BCUT2D eigenvalue weighted by Gasteiger charge is -2.38. The highest BCUT2D eigenvalue weighted by molar-refractivity contribution is 4.83. The maximum atomic E-state index is 11.9. The number of hydrogen-bond acceptors (Lipinski definition) is 3. The smallest absolute Gasteiger partial charge is 0.261 e. The van der Waals surface area contributed by atoms with Crippen molar-refractivity contribution < 1.29 is 13.5 Å². The molecule has 5 heteroatoms. The van der Waals surface area contributed by atoms with Crippen LogP contribution in [0.25, 0.3) is 0 Å². The molecule has 0 aromatic rings. The van der Waals surface area contributed by atoms with E-state index in [0.29, 0.717) is 18.7 Å². The number of nitrogens with one attached hydrogen (secondary N) is 1. The van der Waals surface area contributed by atoms with E-state index in [4.69, 9.17) is 4.74 Å². The van der Waals surface area contributed by atoms with Crippen LogP contribution in [0.15, 0.2) is 0 Å². The number of alkyl halides is 2. The summed E-state index contributed by atoms with van der Waals surface area (Å²) in [6.07, 6.45) is -0.0219. The second kappa shape index (κ2) is 7.95. The second-order valence-electron chi connectivity index (χ2n) is 4.70. The van der Waals surface area contributed by atoms with Crippen LogP contribution >= 0.6 is 0 Å². The molecule has 1 aliphatic rings. The number of halogens is 2. The Morgan fingerprint density at radius 2 is 2.24 bits per heavy atom. The predicted octanol–water partition coefficient (Wildman–Crippen LogP) is 1.73. The van der Waals surface area contributed by atoms with Gasteiger partial charge in [-0.3, -0.25) is 4.90 Å². The average Bonchev–Trinajstić information content (AvgIpc) is 2.28. The molecule has 0 aromatic carbocycles. The summed E-state index contributed by atoms with van der Waals surface area (Å²) in [5.41, 5.74) is 0.